The highest BCUT2D eigenvalue weighted by atomic mass is 19.1. The second-order valence-corrected chi connectivity index (χ2v) is 4.46. The predicted molar refractivity (Wildman–Crippen MR) is 60.1 cm³/mol. The monoisotopic (exact) mass is 208 g/mol. The number of nitrogens with zero attached hydrogens (tertiary/aromatic N) is 1. The highest BCUT2D eigenvalue weighted by Crippen LogP contribution is 2.23. The first-order valence-electron chi connectivity index (χ1n) is 5.37. The van der Waals surface area contributed by atoms with Crippen molar-refractivity contribution in [1.82, 2.24) is 4.90 Å². The highest BCUT2D eigenvalue weighted by molar-refractivity contribution is 5.46. The minimum atomic E-state index is -0.189. The normalized spacial score (nSPS) is 22.1. The Hall–Kier alpha value is -1.09. The van der Waals surface area contributed by atoms with E-state index in [0.717, 1.165) is 25.1 Å². The van der Waals surface area contributed by atoms with Crippen LogP contribution in [0.2, 0.25) is 0 Å². The van der Waals surface area contributed by atoms with Gasteiger partial charge in [-0.05, 0) is 56.1 Å². The van der Waals surface area contributed by atoms with Crippen molar-refractivity contribution in [3.63, 3.8) is 0 Å². The van der Waals surface area contributed by atoms with Gasteiger partial charge in [0, 0.05) is 12.2 Å². The fourth-order valence-corrected chi connectivity index (χ4v) is 2.26. The van der Waals surface area contributed by atoms with E-state index < -0.39 is 0 Å². The number of likely N-dealkylation sites (tertiary alicyclic amines) is 1. The lowest BCUT2D eigenvalue weighted by atomic mass is 9.97. The molecule has 0 radical (unpaired) electrons. The molecule has 15 heavy (non-hydrogen) atoms. The molecule has 0 bridgehead atoms. The first-order chi connectivity index (χ1) is 7.15. The standard InChI is InChI=1S/C12H17FN2/c1-15-5-4-9(8-15)6-10-7-11(13)2-3-12(10)14/h2-3,7,9H,4-6,8,14H2,1H3. The topological polar surface area (TPSA) is 29.3 Å². The van der Waals surface area contributed by atoms with Gasteiger partial charge in [0.1, 0.15) is 5.82 Å². The third-order valence-electron chi connectivity index (χ3n) is 3.10. The minimum absolute atomic E-state index is 0.189. The maximum Gasteiger partial charge on any atom is 0.123 e. The second-order valence-electron chi connectivity index (χ2n) is 4.46. The molecule has 0 spiro atoms. The summed E-state index contributed by atoms with van der Waals surface area (Å²) in [6.07, 6.45) is 2.08. The largest absolute Gasteiger partial charge is 0.399 e. The van der Waals surface area contributed by atoms with E-state index in [-0.39, 0.29) is 5.82 Å². The quantitative estimate of drug-likeness (QED) is 0.752. The lowest BCUT2D eigenvalue weighted by molar-refractivity contribution is 0.394. The van der Waals surface area contributed by atoms with Crippen LogP contribution in [0.15, 0.2) is 18.2 Å². The van der Waals surface area contributed by atoms with Crippen LogP contribution in [0, 0.1) is 11.7 Å². The van der Waals surface area contributed by atoms with Gasteiger partial charge in [-0.25, -0.2) is 4.39 Å². The summed E-state index contributed by atoms with van der Waals surface area (Å²) in [5.74, 6) is 0.435. The van der Waals surface area contributed by atoms with Crippen LogP contribution in [0.3, 0.4) is 0 Å². The molecular formula is C12H17FN2. The molecule has 0 saturated carbocycles. The van der Waals surface area contributed by atoms with E-state index in [1.165, 1.54) is 12.5 Å². The first-order valence-corrected chi connectivity index (χ1v) is 5.37. The Morgan fingerprint density at radius 1 is 1.53 bits per heavy atom. The van der Waals surface area contributed by atoms with E-state index in [2.05, 4.69) is 11.9 Å². The third kappa shape index (κ3) is 2.48. The number of anilines is 1. The molecule has 0 aromatic heterocycles. The van der Waals surface area contributed by atoms with E-state index in [9.17, 15) is 4.39 Å². The van der Waals surface area contributed by atoms with Crippen LogP contribution in [-0.4, -0.2) is 25.0 Å². The molecule has 1 unspecified atom stereocenters. The highest BCUT2D eigenvalue weighted by Gasteiger charge is 2.20. The van der Waals surface area contributed by atoms with Gasteiger partial charge in [0.25, 0.3) is 0 Å². The zero-order chi connectivity index (χ0) is 10.8. The lowest BCUT2D eigenvalue weighted by Crippen LogP contribution is -2.15. The molecule has 2 nitrogen and oxygen atoms in total. The van der Waals surface area contributed by atoms with E-state index in [4.69, 9.17) is 5.73 Å². The van der Waals surface area contributed by atoms with Gasteiger partial charge in [0.2, 0.25) is 0 Å². The molecular weight excluding hydrogens is 191 g/mol. The minimum Gasteiger partial charge on any atom is -0.399 e. The van der Waals surface area contributed by atoms with Crippen LogP contribution in [-0.2, 0) is 6.42 Å². The average molecular weight is 208 g/mol. The van der Waals surface area contributed by atoms with Crippen LogP contribution in [0.25, 0.3) is 0 Å². The summed E-state index contributed by atoms with van der Waals surface area (Å²) >= 11 is 0. The zero-order valence-corrected chi connectivity index (χ0v) is 9.04. The van der Waals surface area contributed by atoms with E-state index in [0.29, 0.717) is 11.6 Å². The van der Waals surface area contributed by atoms with Crippen molar-refractivity contribution in [2.45, 2.75) is 12.8 Å². The Bertz CT molecular complexity index is 351. The van der Waals surface area contributed by atoms with Crippen LogP contribution in [0.5, 0.6) is 0 Å². The maximum absolute atomic E-state index is 13.0. The summed E-state index contributed by atoms with van der Waals surface area (Å²) in [6, 6.07) is 4.64. The van der Waals surface area contributed by atoms with Gasteiger partial charge in [-0.1, -0.05) is 0 Å². The molecule has 1 fully saturated rings. The molecule has 0 amide bonds. The van der Waals surface area contributed by atoms with E-state index in [1.54, 1.807) is 12.1 Å². The number of hydrogen-bond acceptors (Lipinski definition) is 2. The Balaban J connectivity index is 2.07. The number of rotatable bonds is 2. The molecule has 1 saturated heterocycles. The van der Waals surface area contributed by atoms with Gasteiger partial charge in [0.05, 0.1) is 0 Å². The smallest absolute Gasteiger partial charge is 0.123 e. The predicted octanol–water partition coefficient (Wildman–Crippen LogP) is 1.90. The Kier molecular flexibility index (Phi) is 2.91. The van der Waals surface area contributed by atoms with Crippen molar-refractivity contribution in [3.8, 4) is 0 Å². The van der Waals surface area contributed by atoms with Gasteiger partial charge in [0.15, 0.2) is 0 Å². The van der Waals surface area contributed by atoms with Crippen LogP contribution >= 0.6 is 0 Å². The Morgan fingerprint density at radius 2 is 2.33 bits per heavy atom. The van der Waals surface area contributed by atoms with Gasteiger partial charge in [-0.15, -0.1) is 0 Å². The van der Waals surface area contributed by atoms with Gasteiger partial charge in [-0.2, -0.15) is 0 Å². The third-order valence-corrected chi connectivity index (χ3v) is 3.10. The van der Waals surface area contributed by atoms with E-state index >= 15 is 0 Å². The first kappa shape index (κ1) is 10.4. The molecule has 1 aliphatic heterocycles. The van der Waals surface area contributed by atoms with Crippen LogP contribution in [0.1, 0.15) is 12.0 Å². The number of nitrogen functional groups attached to an aromatic ring is 1. The number of hydrogen-bond donors (Lipinski definition) is 1. The van der Waals surface area contributed by atoms with Gasteiger partial charge >= 0.3 is 0 Å². The second kappa shape index (κ2) is 4.19. The van der Waals surface area contributed by atoms with Crippen molar-refractivity contribution in [2.24, 2.45) is 5.92 Å². The average Bonchev–Trinajstić information content (AvgIpc) is 2.58. The SMILES string of the molecule is CN1CCC(Cc2cc(F)ccc2N)C1. The molecule has 1 aromatic carbocycles. The summed E-state index contributed by atoms with van der Waals surface area (Å²) in [6.45, 7) is 2.23. The van der Waals surface area contributed by atoms with Crippen molar-refractivity contribution in [3.05, 3.63) is 29.6 Å². The fraction of sp³-hybridized carbons (Fsp3) is 0.500. The summed E-state index contributed by atoms with van der Waals surface area (Å²) in [4.78, 5) is 2.31. The fourth-order valence-electron chi connectivity index (χ4n) is 2.26. The molecule has 1 atom stereocenters. The van der Waals surface area contributed by atoms with Gasteiger partial charge < -0.3 is 10.6 Å². The Morgan fingerprint density at radius 3 is 3.00 bits per heavy atom. The Labute approximate surface area is 89.9 Å². The molecule has 1 heterocycles. The summed E-state index contributed by atoms with van der Waals surface area (Å²) in [7, 11) is 2.12. The van der Waals surface area contributed by atoms with Crippen molar-refractivity contribution in [1.29, 1.82) is 0 Å². The van der Waals surface area contributed by atoms with Crippen LogP contribution < -0.4 is 5.73 Å². The van der Waals surface area contributed by atoms with Crippen molar-refractivity contribution >= 4 is 5.69 Å². The summed E-state index contributed by atoms with van der Waals surface area (Å²) in [5, 5.41) is 0. The number of benzene rings is 1. The molecule has 1 aromatic rings. The van der Waals surface area contributed by atoms with Gasteiger partial charge in [-0.3, -0.25) is 0 Å². The molecule has 82 valence electrons. The molecule has 3 heteroatoms. The molecule has 1 aliphatic rings. The molecule has 0 aliphatic carbocycles. The summed E-state index contributed by atoms with van der Waals surface area (Å²) in [5.41, 5.74) is 7.49. The lowest BCUT2D eigenvalue weighted by Gasteiger charge is -2.12. The molecule has 2 N–H and O–H groups in total. The van der Waals surface area contributed by atoms with E-state index in [1.807, 2.05) is 0 Å². The van der Waals surface area contributed by atoms with Crippen molar-refractivity contribution in [2.75, 3.05) is 25.9 Å². The van der Waals surface area contributed by atoms with Crippen molar-refractivity contribution < 1.29 is 4.39 Å². The summed E-state index contributed by atoms with van der Waals surface area (Å²) < 4.78 is 13.0. The number of nitrogens with two attached hydrogens (primary N) is 1. The zero-order valence-electron chi connectivity index (χ0n) is 9.04. The molecule has 2 rings (SSSR count). The van der Waals surface area contributed by atoms with Crippen LogP contribution in [0.4, 0.5) is 10.1 Å². The number of halogens is 1. The maximum atomic E-state index is 13.0.